The van der Waals surface area contributed by atoms with Gasteiger partial charge in [0.05, 0.1) is 19.1 Å². The molecule has 1 fully saturated rings. The van der Waals surface area contributed by atoms with Gasteiger partial charge >= 0.3 is 11.9 Å². The van der Waals surface area contributed by atoms with E-state index in [9.17, 15) is 19.7 Å². The maximum absolute atomic E-state index is 13.2. The van der Waals surface area contributed by atoms with E-state index in [0.717, 1.165) is 0 Å². The van der Waals surface area contributed by atoms with Crippen molar-refractivity contribution in [2.75, 3.05) is 13.2 Å². The summed E-state index contributed by atoms with van der Waals surface area (Å²) in [6.07, 6.45) is 0. The molecular formula is C22H23ClN2O6. The molecule has 164 valence electrons. The quantitative estimate of drug-likeness (QED) is 0.301. The van der Waals surface area contributed by atoms with Gasteiger partial charge in [0.1, 0.15) is 6.04 Å². The fourth-order valence-corrected chi connectivity index (χ4v) is 4.24. The van der Waals surface area contributed by atoms with Gasteiger partial charge in [-0.2, -0.15) is 0 Å². The van der Waals surface area contributed by atoms with Crippen molar-refractivity contribution in [1.82, 2.24) is 5.32 Å². The van der Waals surface area contributed by atoms with Crippen LogP contribution in [0.15, 0.2) is 54.6 Å². The highest BCUT2D eigenvalue weighted by Gasteiger charge is 2.69. The summed E-state index contributed by atoms with van der Waals surface area (Å²) in [6, 6.07) is 12.6. The van der Waals surface area contributed by atoms with Crippen LogP contribution in [0, 0.1) is 10.1 Å². The molecule has 0 spiro atoms. The Bertz CT molecular complexity index is 932. The summed E-state index contributed by atoms with van der Waals surface area (Å²) in [5, 5.41) is 15.7. The molecule has 0 bridgehead atoms. The Labute approximate surface area is 184 Å². The van der Waals surface area contributed by atoms with Gasteiger partial charge in [-0.05, 0) is 37.1 Å². The lowest BCUT2D eigenvalue weighted by Crippen LogP contribution is -2.60. The molecule has 9 heteroatoms. The van der Waals surface area contributed by atoms with Crippen LogP contribution in [0.2, 0.25) is 5.02 Å². The Morgan fingerprint density at radius 3 is 2.03 bits per heavy atom. The number of ether oxygens (including phenoxy) is 2. The van der Waals surface area contributed by atoms with Crippen molar-refractivity contribution in [2.45, 2.75) is 37.4 Å². The first-order valence-corrected chi connectivity index (χ1v) is 10.3. The van der Waals surface area contributed by atoms with Gasteiger partial charge in [0.15, 0.2) is 0 Å². The van der Waals surface area contributed by atoms with Crippen molar-refractivity contribution in [1.29, 1.82) is 0 Å². The number of nitrogens with zero attached hydrogens (tertiary/aromatic N) is 1. The number of benzene rings is 2. The highest BCUT2D eigenvalue weighted by molar-refractivity contribution is 6.30. The molecule has 1 aliphatic rings. The predicted octanol–water partition coefficient (Wildman–Crippen LogP) is 3.28. The average Bonchev–Trinajstić information content (AvgIpc) is 3.13. The Kier molecular flexibility index (Phi) is 6.92. The molecule has 1 aliphatic heterocycles. The first-order valence-electron chi connectivity index (χ1n) is 9.92. The van der Waals surface area contributed by atoms with Gasteiger partial charge in [-0.3, -0.25) is 15.4 Å². The molecule has 2 aromatic rings. The first kappa shape index (κ1) is 22.7. The smallest absolute Gasteiger partial charge is 0.339 e. The van der Waals surface area contributed by atoms with E-state index < -0.39 is 40.4 Å². The number of halogens is 1. The van der Waals surface area contributed by atoms with E-state index in [-0.39, 0.29) is 13.2 Å². The highest BCUT2D eigenvalue weighted by Crippen LogP contribution is 2.47. The van der Waals surface area contributed by atoms with E-state index in [1.165, 1.54) is 0 Å². The second-order valence-electron chi connectivity index (χ2n) is 7.09. The van der Waals surface area contributed by atoms with Crippen LogP contribution in [0.1, 0.15) is 36.9 Å². The van der Waals surface area contributed by atoms with Crippen LogP contribution in [-0.2, 0) is 19.1 Å². The van der Waals surface area contributed by atoms with E-state index in [0.29, 0.717) is 16.1 Å². The lowest BCUT2D eigenvalue weighted by atomic mass is 9.77. The molecule has 1 N–H and O–H groups in total. The van der Waals surface area contributed by atoms with Gasteiger partial charge in [0, 0.05) is 9.95 Å². The summed E-state index contributed by atoms with van der Waals surface area (Å²) in [6.45, 7) is 3.20. The molecule has 2 aromatic carbocycles. The van der Waals surface area contributed by atoms with Crippen LogP contribution in [0.25, 0.3) is 0 Å². The molecule has 31 heavy (non-hydrogen) atoms. The molecular weight excluding hydrogens is 424 g/mol. The second-order valence-corrected chi connectivity index (χ2v) is 7.52. The van der Waals surface area contributed by atoms with E-state index >= 15 is 0 Å². The van der Waals surface area contributed by atoms with Crippen LogP contribution in [0.5, 0.6) is 0 Å². The third-order valence-electron chi connectivity index (χ3n) is 5.36. The molecule has 3 atom stereocenters. The van der Waals surface area contributed by atoms with Crippen LogP contribution in [0.4, 0.5) is 0 Å². The molecule has 0 aromatic heterocycles. The molecule has 0 unspecified atom stereocenters. The highest BCUT2D eigenvalue weighted by atomic mass is 35.5. The fraction of sp³-hybridized carbons (Fsp3) is 0.364. The molecule has 3 rings (SSSR count). The Hall–Kier alpha value is -2.97. The summed E-state index contributed by atoms with van der Waals surface area (Å²) in [5.74, 6) is -2.99. The number of rotatable bonds is 7. The summed E-state index contributed by atoms with van der Waals surface area (Å²) in [7, 11) is 0. The minimum absolute atomic E-state index is 0.00206. The standard InChI is InChI=1S/C22H23ClN2O6/c1-3-30-20(26)22(21(27)31-4-2)17(14-8-6-5-7-9-14)19(25(28)29)18(24-22)15-10-12-16(23)13-11-15/h5-13,17-19,24H,3-4H2,1-2H3/t17-,18-,19-/m1/s1. The molecule has 0 saturated carbocycles. The third-order valence-corrected chi connectivity index (χ3v) is 5.61. The van der Waals surface area contributed by atoms with E-state index in [2.05, 4.69) is 5.32 Å². The van der Waals surface area contributed by atoms with Crippen LogP contribution >= 0.6 is 11.6 Å². The topological polar surface area (TPSA) is 108 Å². The number of nitrogens with one attached hydrogen (secondary N) is 1. The van der Waals surface area contributed by atoms with Gasteiger partial charge in [-0.1, -0.05) is 54.1 Å². The van der Waals surface area contributed by atoms with E-state index in [1.54, 1.807) is 68.4 Å². The lowest BCUT2D eigenvalue weighted by Gasteiger charge is -2.30. The van der Waals surface area contributed by atoms with Gasteiger partial charge in [-0.25, -0.2) is 9.59 Å². The van der Waals surface area contributed by atoms with Crippen LogP contribution in [0.3, 0.4) is 0 Å². The average molecular weight is 447 g/mol. The van der Waals surface area contributed by atoms with Gasteiger partial charge in [-0.15, -0.1) is 0 Å². The Morgan fingerprint density at radius 1 is 1.00 bits per heavy atom. The van der Waals surface area contributed by atoms with Crippen LogP contribution < -0.4 is 5.32 Å². The maximum atomic E-state index is 13.2. The van der Waals surface area contributed by atoms with E-state index in [4.69, 9.17) is 21.1 Å². The molecule has 1 saturated heterocycles. The summed E-state index contributed by atoms with van der Waals surface area (Å²) < 4.78 is 10.5. The van der Waals surface area contributed by atoms with Gasteiger partial charge in [0.25, 0.3) is 0 Å². The number of carbonyl (C=O) groups excluding carboxylic acids is 2. The summed E-state index contributed by atoms with van der Waals surface area (Å²) in [4.78, 5) is 38.3. The van der Waals surface area contributed by atoms with Gasteiger partial charge in [0.2, 0.25) is 11.6 Å². The zero-order valence-electron chi connectivity index (χ0n) is 17.1. The predicted molar refractivity (Wildman–Crippen MR) is 113 cm³/mol. The van der Waals surface area contributed by atoms with E-state index in [1.807, 2.05) is 0 Å². The number of carbonyl (C=O) groups is 2. The normalized spacial score (nSPS) is 22.0. The summed E-state index contributed by atoms with van der Waals surface area (Å²) in [5.41, 5.74) is -1.12. The number of esters is 2. The zero-order valence-corrected chi connectivity index (χ0v) is 17.9. The minimum atomic E-state index is -2.09. The lowest BCUT2D eigenvalue weighted by molar-refractivity contribution is -0.527. The third kappa shape index (κ3) is 4.13. The Morgan fingerprint density at radius 2 is 1.55 bits per heavy atom. The second kappa shape index (κ2) is 9.45. The van der Waals surface area contributed by atoms with Crippen molar-refractivity contribution in [3.05, 3.63) is 80.9 Å². The first-order chi connectivity index (χ1) is 14.9. The molecule has 0 amide bonds. The molecule has 0 aliphatic carbocycles. The van der Waals surface area contributed by atoms with Crippen molar-refractivity contribution in [3.8, 4) is 0 Å². The maximum Gasteiger partial charge on any atom is 0.339 e. The SMILES string of the molecule is CCOC(=O)C1(C(=O)OCC)N[C@H](c2ccc(Cl)cc2)[C@H]([N+](=O)[O-])[C@H]1c1ccccc1. The fourth-order valence-electron chi connectivity index (χ4n) is 4.12. The van der Waals surface area contributed by atoms with Crippen molar-refractivity contribution in [2.24, 2.45) is 0 Å². The summed E-state index contributed by atoms with van der Waals surface area (Å²) >= 11 is 5.98. The number of hydrogen-bond donors (Lipinski definition) is 1. The van der Waals surface area contributed by atoms with Gasteiger partial charge < -0.3 is 9.47 Å². The van der Waals surface area contributed by atoms with Crippen molar-refractivity contribution >= 4 is 23.5 Å². The van der Waals surface area contributed by atoms with Crippen LogP contribution in [-0.4, -0.2) is 41.7 Å². The monoisotopic (exact) mass is 446 g/mol. The van der Waals surface area contributed by atoms with Crippen molar-refractivity contribution in [3.63, 3.8) is 0 Å². The molecule has 0 radical (unpaired) electrons. The molecule has 1 heterocycles. The number of nitro groups is 1. The minimum Gasteiger partial charge on any atom is -0.464 e. The molecule has 8 nitrogen and oxygen atoms in total. The van der Waals surface area contributed by atoms with Crippen molar-refractivity contribution < 1.29 is 24.0 Å². The Balaban J connectivity index is 2.26. The zero-order chi connectivity index (χ0) is 22.6. The number of hydrogen-bond acceptors (Lipinski definition) is 7. The largest absolute Gasteiger partial charge is 0.464 e.